The summed E-state index contributed by atoms with van der Waals surface area (Å²) >= 11 is 0. The third-order valence-electron chi connectivity index (χ3n) is 12.5. The van der Waals surface area contributed by atoms with Crippen molar-refractivity contribution >= 4 is 0 Å². The Hall–Kier alpha value is -1.22. The Morgan fingerprint density at radius 3 is 1.48 bits per heavy atom. The summed E-state index contributed by atoms with van der Waals surface area (Å²) in [6.07, 6.45) is 18.3. The van der Waals surface area contributed by atoms with Crippen LogP contribution in [0.1, 0.15) is 129 Å². The van der Waals surface area contributed by atoms with Crippen LogP contribution in [-0.4, -0.2) is 24.9 Å². The molecule has 10 rings (SSSR count). The van der Waals surface area contributed by atoms with E-state index in [-0.39, 0.29) is 27.9 Å². The lowest BCUT2D eigenvalue weighted by Gasteiger charge is -2.58. The molecule has 1 atom stereocenters. The Labute approximate surface area is 243 Å². The van der Waals surface area contributed by atoms with Crippen molar-refractivity contribution in [3.05, 3.63) is 23.3 Å². The van der Waals surface area contributed by atoms with E-state index >= 15 is 0 Å². The van der Waals surface area contributed by atoms with Crippen molar-refractivity contribution in [3.8, 4) is 11.5 Å². The molecular formula is C37H54O3. The summed E-state index contributed by atoms with van der Waals surface area (Å²) in [4.78, 5) is 0. The van der Waals surface area contributed by atoms with Crippen molar-refractivity contribution in [3.63, 3.8) is 0 Å². The van der Waals surface area contributed by atoms with E-state index in [2.05, 4.69) is 46.8 Å². The van der Waals surface area contributed by atoms with Gasteiger partial charge in [0.25, 0.3) is 0 Å². The van der Waals surface area contributed by atoms with E-state index in [4.69, 9.17) is 14.2 Å². The summed E-state index contributed by atoms with van der Waals surface area (Å²) in [6, 6.07) is 5.14. The predicted molar refractivity (Wildman–Crippen MR) is 160 cm³/mol. The Balaban J connectivity index is 1.26. The Morgan fingerprint density at radius 2 is 1.07 bits per heavy atom. The highest BCUT2D eigenvalue weighted by molar-refractivity contribution is 5.54. The highest BCUT2D eigenvalue weighted by Crippen LogP contribution is 2.65. The van der Waals surface area contributed by atoms with E-state index in [0.29, 0.717) is 6.61 Å². The molecule has 1 aromatic rings. The number of hydrogen-bond donors (Lipinski definition) is 0. The molecule has 1 saturated heterocycles. The van der Waals surface area contributed by atoms with Crippen LogP contribution >= 0.6 is 0 Å². The van der Waals surface area contributed by atoms with Gasteiger partial charge < -0.3 is 14.2 Å². The molecule has 9 fully saturated rings. The van der Waals surface area contributed by atoms with Gasteiger partial charge in [-0.3, -0.25) is 0 Å². The van der Waals surface area contributed by atoms with E-state index in [9.17, 15) is 0 Å². The first kappa shape index (κ1) is 26.4. The summed E-state index contributed by atoms with van der Waals surface area (Å²) in [7, 11) is 0. The van der Waals surface area contributed by atoms with E-state index < -0.39 is 0 Å². The molecule has 8 saturated carbocycles. The monoisotopic (exact) mass is 546 g/mol. The minimum absolute atomic E-state index is 0.210. The first-order valence-electron chi connectivity index (χ1n) is 17.1. The maximum absolute atomic E-state index is 7.32. The highest BCUT2D eigenvalue weighted by atomic mass is 16.6. The van der Waals surface area contributed by atoms with Crippen LogP contribution in [0.2, 0.25) is 0 Å². The second-order valence-electron chi connectivity index (χ2n) is 18.1. The van der Waals surface area contributed by atoms with Crippen LogP contribution in [-0.2, 0) is 15.6 Å². The molecule has 0 aromatic heterocycles. The molecule has 0 amide bonds. The van der Waals surface area contributed by atoms with E-state index in [0.717, 1.165) is 48.5 Å². The molecule has 1 heterocycles. The zero-order valence-electron chi connectivity index (χ0n) is 26.0. The highest BCUT2D eigenvalue weighted by Gasteiger charge is 2.55. The van der Waals surface area contributed by atoms with Crippen LogP contribution in [0, 0.1) is 40.9 Å². The Kier molecular flexibility index (Phi) is 5.88. The third kappa shape index (κ3) is 4.73. The molecule has 9 aliphatic rings. The fourth-order valence-corrected chi connectivity index (χ4v) is 12.4. The van der Waals surface area contributed by atoms with Gasteiger partial charge in [0.05, 0.1) is 6.61 Å². The molecule has 8 bridgehead atoms. The molecule has 1 unspecified atom stereocenters. The number of hydrogen-bond acceptors (Lipinski definition) is 3. The number of epoxide rings is 1. The average molecular weight is 547 g/mol. The average Bonchev–Trinajstić information content (AvgIpc) is 3.64. The van der Waals surface area contributed by atoms with Gasteiger partial charge in [0.1, 0.15) is 29.8 Å². The smallest absolute Gasteiger partial charge is 0.124 e. The summed E-state index contributed by atoms with van der Waals surface area (Å²) in [5, 5.41) is 0. The van der Waals surface area contributed by atoms with E-state index in [1.165, 1.54) is 99.7 Å². The minimum atomic E-state index is -0.210. The molecule has 3 nitrogen and oxygen atoms in total. The van der Waals surface area contributed by atoms with Gasteiger partial charge >= 0.3 is 0 Å². The van der Waals surface area contributed by atoms with Crippen LogP contribution in [0.4, 0.5) is 0 Å². The van der Waals surface area contributed by atoms with Gasteiger partial charge in [0.2, 0.25) is 0 Å². The van der Waals surface area contributed by atoms with Crippen LogP contribution < -0.4 is 9.47 Å². The maximum Gasteiger partial charge on any atom is 0.124 e. The van der Waals surface area contributed by atoms with Crippen molar-refractivity contribution in [2.75, 3.05) is 13.2 Å². The van der Waals surface area contributed by atoms with Crippen LogP contribution in [0.3, 0.4) is 0 Å². The lowest BCUT2D eigenvalue weighted by molar-refractivity contribution is -0.0115. The summed E-state index contributed by atoms with van der Waals surface area (Å²) in [5.41, 5.74) is 3.58. The molecule has 0 spiro atoms. The summed E-state index contributed by atoms with van der Waals surface area (Å²) in [6.45, 7) is 13.3. The van der Waals surface area contributed by atoms with Crippen molar-refractivity contribution in [1.29, 1.82) is 0 Å². The van der Waals surface area contributed by atoms with Crippen molar-refractivity contribution in [1.82, 2.24) is 0 Å². The van der Waals surface area contributed by atoms with Crippen LogP contribution in [0.5, 0.6) is 11.5 Å². The molecule has 3 heteroatoms. The van der Waals surface area contributed by atoms with Gasteiger partial charge in [-0.15, -0.1) is 0 Å². The second kappa shape index (κ2) is 8.90. The van der Waals surface area contributed by atoms with E-state index in [1.807, 2.05) is 0 Å². The standard InChI is InChI=1S/C37H54O3/c1-34(2,3)22-35(4,5)40-33-13-30(36-14-23-6-24(15-36)8-25(7-23)16-36)32(39-21-29-20-38-29)12-31(33)37-17-26-9-27(18-37)11-28(10-26)19-37/h12-13,23-29H,6-11,14-22H2,1-5H3. The third-order valence-corrected chi connectivity index (χ3v) is 12.5. The normalized spacial score (nSPS) is 42.9. The SMILES string of the molecule is CC(C)(C)CC(C)(C)Oc1cc(C23CC4CC(CC(C4)C2)C3)c(OCC2CO2)cc1C12CC3CC(CC(C3)C1)C2. The summed E-state index contributed by atoms with van der Waals surface area (Å²) < 4.78 is 19.8. The van der Waals surface area contributed by atoms with Crippen molar-refractivity contribution < 1.29 is 14.2 Å². The molecule has 220 valence electrons. The van der Waals surface area contributed by atoms with Gasteiger partial charge in [-0.05, 0) is 161 Å². The molecule has 1 aromatic carbocycles. The maximum atomic E-state index is 7.32. The molecule has 40 heavy (non-hydrogen) atoms. The summed E-state index contributed by atoms with van der Waals surface area (Å²) in [5.74, 6) is 7.89. The van der Waals surface area contributed by atoms with Gasteiger partial charge in [-0.2, -0.15) is 0 Å². The fraction of sp³-hybridized carbons (Fsp3) is 0.838. The molecule has 0 N–H and O–H groups in total. The molecular weight excluding hydrogens is 492 g/mol. The van der Waals surface area contributed by atoms with Crippen LogP contribution in [0.25, 0.3) is 0 Å². The number of benzene rings is 1. The van der Waals surface area contributed by atoms with Crippen LogP contribution in [0.15, 0.2) is 12.1 Å². The molecule has 1 aliphatic heterocycles. The first-order valence-corrected chi connectivity index (χ1v) is 17.1. The first-order chi connectivity index (χ1) is 18.9. The molecule has 0 radical (unpaired) electrons. The Bertz CT molecular complexity index is 1080. The van der Waals surface area contributed by atoms with E-state index in [1.54, 1.807) is 0 Å². The zero-order chi connectivity index (χ0) is 27.5. The lowest BCUT2D eigenvalue weighted by Crippen LogP contribution is -2.50. The van der Waals surface area contributed by atoms with Gasteiger partial charge in [0, 0.05) is 11.1 Å². The number of ether oxygens (including phenoxy) is 3. The largest absolute Gasteiger partial charge is 0.490 e. The number of rotatable bonds is 8. The second-order valence-corrected chi connectivity index (χ2v) is 18.1. The van der Waals surface area contributed by atoms with Crippen molar-refractivity contribution in [2.24, 2.45) is 40.9 Å². The quantitative estimate of drug-likeness (QED) is 0.305. The van der Waals surface area contributed by atoms with Gasteiger partial charge in [-0.25, -0.2) is 0 Å². The predicted octanol–water partition coefficient (Wildman–Crippen LogP) is 8.99. The van der Waals surface area contributed by atoms with Gasteiger partial charge in [-0.1, -0.05) is 20.8 Å². The topological polar surface area (TPSA) is 31.0 Å². The lowest BCUT2D eigenvalue weighted by atomic mass is 9.47. The minimum Gasteiger partial charge on any atom is -0.490 e. The van der Waals surface area contributed by atoms with Crippen molar-refractivity contribution in [2.45, 2.75) is 141 Å². The zero-order valence-corrected chi connectivity index (χ0v) is 26.0. The fourth-order valence-electron chi connectivity index (χ4n) is 12.4. The van der Waals surface area contributed by atoms with Gasteiger partial charge in [0.15, 0.2) is 0 Å². The molecule has 8 aliphatic carbocycles. The Morgan fingerprint density at radius 1 is 0.675 bits per heavy atom.